The number of hydrogen-bond acceptors (Lipinski definition) is 5. The second-order valence-corrected chi connectivity index (χ2v) is 10.7. The molecule has 8 heteroatoms. The molecule has 3 aromatic rings. The topological polar surface area (TPSA) is 68.5 Å². The minimum absolute atomic E-state index is 0.144. The van der Waals surface area contributed by atoms with Crippen LogP contribution in [0.1, 0.15) is 18.1 Å². The Morgan fingerprint density at radius 1 is 1.17 bits per heavy atom. The van der Waals surface area contributed by atoms with Crippen molar-refractivity contribution in [3.63, 3.8) is 0 Å². The van der Waals surface area contributed by atoms with Gasteiger partial charge in [0, 0.05) is 12.3 Å². The number of carbonyl (C=O) groups is 1. The Morgan fingerprint density at radius 3 is 2.55 bits per heavy atom. The van der Waals surface area contributed by atoms with Crippen LogP contribution in [-0.4, -0.2) is 36.7 Å². The van der Waals surface area contributed by atoms with Gasteiger partial charge in [-0.25, -0.2) is 8.42 Å². The summed E-state index contributed by atoms with van der Waals surface area (Å²) < 4.78 is 28.2. The summed E-state index contributed by atoms with van der Waals surface area (Å²) in [6.45, 7) is 4.69. The van der Waals surface area contributed by atoms with E-state index in [2.05, 4.69) is 30.1 Å². The van der Waals surface area contributed by atoms with Crippen molar-refractivity contribution in [1.29, 1.82) is 0 Å². The predicted molar refractivity (Wildman–Crippen MR) is 121 cm³/mol. The van der Waals surface area contributed by atoms with Gasteiger partial charge in [0.2, 0.25) is 0 Å². The lowest BCUT2D eigenvalue weighted by molar-refractivity contribution is -0.115. The first-order valence-electron chi connectivity index (χ1n) is 9.32. The number of sulfone groups is 1. The summed E-state index contributed by atoms with van der Waals surface area (Å²) in [5.74, 6) is -0.400. The highest BCUT2D eigenvalue weighted by molar-refractivity contribution is 7.98. The van der Waals surface area contributed by atoms with Crippen LogP contribution in [0.5, 0.6) is 0 Å². The van der Waals surface area contributed by atoms with E-state index >= 15 is 0 Å². The van der Waals surface area contributed by atoms with Crippen LogP contribution < -0.4 is 4.80 Å². The number of thioether (sulfide) groups is 1. The summed E-state index contributed by atoms with van der Waals surface area (Å²) in [6.07, 6.45) is 2.96. The molecular weight excluding hydrogens is 424 g/mol. The van der Waals surface area contributed by atoms with Gasteiger partial charge in [-0.05, 0) is 49.4 Å². The number of nitrogens with zero attached hydrogens (tertiary/aromatic N) is 2. The molecule has 0 fully saturated rings. The molecule has 0 saturated carbocycles. The zero-order chi connectivity index (χ0) is 21.0. The smallest absolute Gasteiger partial charge is 0.263 e. The molecule has 29 heavy (non-hydrogen) atoms. The molecular formula is C21H24N2O3S3. The first kappa shape index (κ1) is 21.8. The van der Waals surface area contributed by atoms with Gasteiger partial charge in [0.1, 0.15) is 5.75 Å². The largest absolute Gasteiger partial charge is 0.316 e. The fourth-order valence-electron chi connectivity index (χ4n) is 2.95. The number of thiazole rings is 1. The third-order valence-corrected chi connectivity index (χ3v) is 7.84. The first-order chi connectivity index (χ1) is 13.8. The summed E-state index contributed by atoms with van der Waals surface area (Å²) >= 11 is 3.14. The van der Waals surface area contributed by atoms with E-state index in [1.165, 1.54) is 29.0 Å². The summed E-state index contributed by atoms with van der Waals surface area (Å²) in [5.41, 5.74) is 3.20. The number of fused-ring (bicyclic) bond motifs is 1. The molecule has 0 unspecified atom stereocenters. The van der Waals surface area contributed by atoms with Crippen LogP contribution in [0.2, 0.25) is 0 Å². The number of benzene rings is 2. The zero-order valence-corrected chi connectivity index (χ0v) is 19.2. The van der Waals surface area contributed by atoms with E-state index in [4.69, 9.17) is 0 Å². The standard InChI is InChI=1S/C21H24N2O3S3/c1-4-16-7-10-18-19(13-16)28-21(23(18)11-12-27-3)22-20(24)14-29(25,26)17-8-5-15(2)6-9-17/h5-10,13H,4,11-12,14H2,1-3H3. The van der Waals surface area contributed by atoms with Gasteiger partial charge in [0.05, 0.1) is 15.1 Å². The maximum atomic E-state index is 12.6. The Hall–Kier alpha value is -1.90. The van der Waals surface area contributed by atoms with Crippen molar-refractivity contribution >= 4 is 49.1 Å². The maximum absolute atomic E-state index is 12.6. The average molecular weight is 449 g/mol. The number of carbonyl (C=O) groups excluding carboxylic acids is 1. The molecule has 3 rings (SSSR count). The van der Waals surface area contributed by atoms with E-state index in [-0.39, 0.29) is 4.90 Å². The van der Waals surface area contributed by atoms with Crippen LogP contribution in [0.4, 0.5) is 0 Å². The lowest BCUT2D eigenvalue weighted by Gasteiger charge is -2.05. The second kappa shape index (κ2) is 9.28. The summed E-state index contributed by atoms with van der Waals surface area (Å²) in [5, 5.41) is 0. The number of aromatic nitrogens is 1. The number of aryl methyl sites for hydroxylation is 3. The maximum Gasteiger partial charge on any atom is 0.263 e. The molecule has 1 amide bonds. The Bertz CT molecular complexity index is 1190. The van der Waals surface area contributed by atoms with Crippen molar-refractivity contribution in [2.45, 2.75) is 31.7 Å². The molecule has 154 valence electrons. The monoisotopic (exact) mass is 448 g/mol. The molecule has 0 atom stereocenters. The van der Waals surface area contributed by atoms with E-state index in [0.717, 1.165) is 28.0 Å². The van der Waals surface area contributed by atoms with Gasteiger partial charge in [0.15, 0.2) is 14.6 Å². The normalized spacial score (nSPS) is 12.6. The lowest BCUT2D eigenvalue weighted by atomic mass is 10.2. The highest BCUT2D eigenvalue weighted by atomic mass is 32.2. The summed E-state index contributed by atoms with van der Waals surface area (Å²) in [6, 6.07) is 12.8. The van der Waals surface area contributed by atoms with Crippen molar-refractivity contribution in [2.75, 3.05) is 17.8 Å². The van der Waals surface area contributed by atoms with E-state index in [9.17, 15) is 13.2 Å². The van der Waals surface area contributed by atoms with Crippen molar-refractivity contribution in [3.05, 3.63) is 58.4 Å². The fourth-order valence-corrected chi connectivity index (χ4v) is 5.56. The van der Waals surface area contributed by atoms with Crippen molar-refractivity contribution < 1.29 is 13.2 Å². The van der Waals surface area contributed by atoms with Crippen molar-refractivity contribution in [3.8, 4) is 0 Å². The molecule has 0 spiro atoms. The molecule has 5 nitrogen and oxygen atoms in total. The Kier molecular flexibility index (Phi) is 6.97. The Morgan fingerprint density at radius 2 is 1.90 bits per heavy atom. The van der Waals surface area contributed by atoms with E-state index < -0.39 is 21.5 Å². The van der Waals surface area contributed by atoms with Gasteiger partial charge in [-0.15, -0.1) is 0 Å². The molecule has 0 aliphatic heterocycles. The van der Waals surface area contributed by atoms with Gasteiger partial charge < -0.3 is 4.57 Å². The van der Waals surface area contributed by atoms with Crippen LogP contribution >= 0.6 is 23.1 Å². The second-order valence-electron chi connectivity index (χ2n) is 6.76. The molecule has 0 N–H and O–H groups in total. The number of hydrogen-bond donors (Lipinski definition) is 0. The fraction of sp³-hybridized carbons (Fsp3) is 0.333. The summed E-state index contributed by atoms with van der Waals surface area (Å²) in [4.78, 5) is 17.4. The molecule has 2 aromatic carbocycles. The summed E-state index contributed by atoms with van der Waals surface area (Å²) in [7, 11) is -3.72. The van der Waals surface area contributed by atoms with Gasteiger partial charge in [0.25, 0.3) is 5.91 Å². The van der Waals surface area contributed by atoms with Crippen LogP contribution in [0.15, 0.2) is 52.4 Å². The third kappa shape index (κ3) is 5.18. The molecule has 1 heterocycles. The van der Waals surface area contributed by atoms with Crippen LogP contribution in [0.3, 0.4) is 0 Å². The van der Waals surface area contributed by atoms with Crippen molar-refractivity contribution in [2.24, 2.45) is 4.99 Å². The van der Waals surface area contributed by atoms with E-state index in [1.807, 2.05) is 17.7 Å². The van der Waals surface area contributed by atoms with E-state index in [1.54, 1.807) is 23.9 Å². The predicted octanol–water partition coefficient (Wildman–Crippen LogP) is 3.84. The highest BCUT2D eigenvalue weighted by Gasteiger charge is 2.19. The van der Waals surface area contributed by atoms with Gasteiger partial charge >= 0.3 is 0 Å². The van der Waals surface area contributed by atoms with Crippen LogP contribution in [-0.2, 0) is 27.6 Å². The third-order valence-electron chi connectivity index (χ3n) is 4.59. The Balaban J connectivity index is 1.97. The Labute approximate surface area is 179 Å². The van der Waals surface area contributed by atoms with Crippen LogP contribution in [0.25, 0.3) is 10.2 Å². The molecule has 0 bridgehead atoms. The van der Waals surface area contributed by atoms with Crippen LogP contribution in [0, 0.1) is 6.92 Å². The van der Waals surface area contributed by atoms with Crippen molar-refractivity contribution in [1.82, 2.24) is 4.57 Å². The van der Waals surface area contributed by atoms with Gasteiger partial charge in [-0.1, -0.05) is 42.0 Å². The SMILES string of the molecule is CCc1ccc2c(c1)sc(=NC(=O)CS(=O)(=O)c1ccc(C)cc1)n2CCSC. The highest BCUT2D eigenvalue weighted by Crippen LogP contribution is 2.20. The van der Waals surface area contributed by atoms with Gasteiger partial charge in [-0.2, -0.15) is 16.8 Å². The molecule has 0 aliphatic carbocycles. The zero-order valence-electron chi connectivity index (χ0n) is 16.7. The quantitative estimate of drug-likeness (QED) is 0.551. The van der Waals surface area contributed by atoms with Gasteiger partial charge in [-0.3, -0.25) is 4.79 Å². The van der Waals surface area contributed by atoms with E-state index in [0.29, 0.717) is 11.3 Å². The molecule has 1 aromatic heterocycles. The molecule has 0 radical (unpaired) electrons. The minimum atomic E-state index is -3.72. The number of rotatable bonds is 7. The first-order valence-corrected chi connectivity index (χ1v) is 13.2. The molecule has 0 aliphatic rings. The molecule has 0 saturated heterocycles. The minimum Gasteiger partial charge on any atom is -0.316 e. The average Bonchev–Trinajstić information content (AvgIpc) is 3.01. The number of amides is 1. The lowest BCUT2D eigenvalue weighted by Crippen LogP contribution is -2.21.